The molecule has 0 radical (unpaired) electrons. The van der Waals surface area contributed by atoms with E-state index in [0.29, 0.717) is 0 Å². The highest BCUT2D eigenvalue weighted by Gasteiger charge is 2.28. The second-order valence-corrected chi connectivity index (χ2v) is 4.05. The molecule has 1 aliphatic carbocycles. The Kier molecular flexibility index (Phi) is 1.69. The van der Waals surface area contributed by atoms with Gasteiger partial charge in [0.15, 0.2) is 0 Å². The van der Waals surface area contributed by atoms with E-state index in [9.17, 15) is 0 Å². The Labute approximate surface area is 70.5 Å². The van der Waals surface area contributed by atoms with Crippen LogP contribution in [0, 0.1) is 0 Å². The van der Waals surface area contributed by atoms with Gasteiger partial charge in [-0.1, -0.05) is 0 Å². The molecule has 2 N–H and O–H groups in total. The minimum atomic E-state index is 0.165. The molecule has 1 saturated carbocycles. The monoisotopic (exact) mass is 168 g/mol. The molecule has 1 heterocycles. The summed E-state index contributed by atoms with van der Waals surface area (Å²) >= 11 is 1.69. The van der Waals surface area contributed by atoms with Crippen molar-refractivity contribution in [3.8, 4) is 0 Å². The van der Waals surface area contributed by atoms with Gasteiger partial charge in [0, 0.05) is 16.8 Å². The Morgan fingerprint density at radius 3 is 3.00 bits per heavy atom. The molecule has 1 atom stereocenters. The van der Waals surface area contributed by atoms with Gasteiger partial charge in [0.2, 0.25) is 0 Å². The van der Waals surface area contributed by atoms with Gasteiger partial charge >= 0.3 is 0 Å². The van der Waals surface area contributed by atoms with Crippen molar-refractivity contribution in [3.05, 3.63) is 16.1 Å². The summed E-state index contributed by atoms with van der Waals surface area (Å²) in [7, 11) is 0. The zero-order valence-electron chi connectivity index (χ0n) is 6.58. The highest BCUT2D eigenvalue weighted by atomic mass is 32.1. The maximum absolute atomic E-state index is 5.79. The molecule has 0 spiro atoms. The summed E-state index contributed by atoms with van der Waals surface area (Å²) in [6.45, 7) is 2.03. The molecule has 2 rings (SSSR count). The van der Waals surface area contributed by atoms with Gasteiger partial charge in [-0.15, -0.1) is 11.3 Å². The molecule has 3 heteroatoms. The van der Waals surface area contributed by atoms with Crippen LogP contribution in [0.4, 0.5) is 0 Å². The fraction of sp³-hybridized carbons (Fsp3) is 0.625. The number of rotatable bonds is 2. The van der Waals surface area contributed by atoms with Crippen LogP contribution in [-0.4, -0.2) is 4.98 Å². The van der Waals surface area contributed by atoms with Crippen LogP contribution in [0.15, 0.2) is 5.51 Å². The van der Waals surface area contributed by atoms with E-state index in [4.69, 9.17) is 5.73 Å². The number of aromatic nitrogens is 1. The average Bonchev–Trinajstić information content (AvgIpc) is 2.68. The van der Waals surface area contributed by atoms with Gasteiger partial charge in [-0.05, 0) is 19.8 Å². The summed E-state index contributed by atoms with van der Waals surface area (Å²) < 4.78 is 0. The van der Waals surface area contributed by atoms with E-state index >= 15 is 0 Å². The minimum Gasteiger partial charge on any atom is -0.323 e. The van der Waals surface area contributed by atoms with Crippen LogP contribution in [0.1, 0.15) is 42.3 Å². The standard InChI is InChI=1S/C8H12N2S/c1-5(9)8-7(6-2-3-6)10-4-11-8/h4-6H,2-3,9H2,1H3. The zero-order chi connectivity index (χ0) is 7.84. The SMILES string of the molecule is CC(N)c1scnc1C1CC1. The van der Waals surface area contributed by atoms with E-state index in [1.165, 1.54) is 23.4 Å². The molecule has 0 saturated heterocycles. The van der Waals surface area contributed by atoms with Crippen molar-refractivity contribution in [3.63, 3.8) is 0 Å². The Bertz CT molecular complexity index is 234. The van der Waals surface area contributed by atoms with Crippen LogP contribution >= 0.6 is 11.3 Å². The topological polar surface area (TPSA) is 38.9 Å². The molecule has 1 aromatic rings. The summed E-state index contributed by atoms with van der Waals surface area (Å²) in [4.78, 5) is 5.62. The highest BCUT2D eigenvalue weighted by Crippen LogP contribution is 2.42. The molecule has 0 aromatic carbocycles. The molecule has 11 heavy (non-hydrogen) atoms. The first-order valence-corrected chi connectivity index (χ1v) is 4.86. The van der Waals surface area contributed by atoms with Crippen molar-refractivity contribution in [2.24, 2.45) is 5.73 Å². The third kappa shape index (κ3) is 1.30. The molecule has 1 unspecified atom stereocenters. The summed E-state index contributed by atoms with van der Waals surface area (Å²) in [6, 6.07) is 0.165. The summed E-state index contributed by atoms with van der Waals surface area (Å²) in [5.41, 5.74) is 8.97. The van der Waals surface area contributed by atoms with E-state index in [-0.39, 0.29) is 6.04 Å². The predicted octanol–water partition coefficient (Wildman–Crippen LogP) is 2.04. The first kappa shape index (κ1) is 7.25. The molecule has 0 amide bonds. The minimum absolute atomic E-state index is 0.165. The molecule has 0 aliphatic heterocycles. The van der Waals surface area contributed by atoms with Crippen LogP contribution in [0.5, 0.6) is 0 Å². The maximum atomic E-state index is 5.79. The van der Waals surface area contributed by atoms with E-state index < -0.39 is 0 Å². The number of nitrogens with two attached hydrogens (primary N) is 1. The Hall–Kier alpha value is -0.410. The molecule has 2 nitrogen and oxygen atoms in total. The zero-order valence-corrected chi connectivity index (χ0v) is 7.40. The van der Waals surface area contributed by atoms with Gasteiger partial charge in [0.1, 0.15) is 0 Å². The Morgan fingerprint density at radius 1 is 1.73 bits per heavy atom. The van der Waals surface area contributed by atoms with Gasteiger partial charge in [-0.25, -0.2) is 4.98 Å². The Balaban J connectivity index is 2.30. The predicted molar refractivity (Wildman–Crippen MR) is 46.7 cm³/mol. The maximum Gasteiger partial charge on any atom is 0.0798 e. The molecule has 1 aromatic heterocycles. The molecule has 1 aliphatic rings. The lowest BCUT2D eigenvalue weighted by Crippen LogP contribution is -2.05. The average molecular weight is 168 g/mol. The largest absolute Gasteiger partial charge is 0.323 e. The fourth-order valence-electron chi connectivity index (χ4n) is 1.27. The van der Waals surface area contributed by atoms with Crippen molar-refractivity contribution < 1.29 is 0 Å². The lowest BCUT2D eigenvalue weighted by molar-refractivity contribution is 0.811. The van der Waals surface area contributed by atoms with E-state index in [1.807, 2.05) is 12.4 Å². The van der Waals surface area contributed by atoms with Crippen molar-refractivity contribution in [2.75, 3.05) is 0 Å². The lowest BCUT2D eigenvalue weighted by atomic mass is 10.2. The van der Waals surface area contributed by atoms with Crippen molar-refractivity contribution in [1.82, 2.24) is 4.98 Å². The molecular weight excluding hydrogens is 156 g/mol. The normalized spacial score (nSPS) is 20.2. The fourth-order valence-corrected chi connectivity index (χ4v) is 2.10. The highest BCUT2D eigenvalue weighted by molar-refractivity contribution is 7.09. The van der Waals surface area contributed by atoms with Crippen molar-refractivity contribution >= 4 is 11.3 Å². The van der Waals surface area contributed by atoms with Gasteiger partial charge < -0.3 is 5.73 Å². The third-order valence-electron chi connectivity index (χ3n) is 2.00. The van der Waals surface area contributed by atoms with Crippen LogP contribution in [0.3, 0.4) is 0 Å². The molecule has 0 bridgehead atoms. The first-order valence-electron chi connectivity index (χ1n) is 3.98. The van der Waals surface area contributed by atoms with Crippen molar-refractivity contribution in [2.45, 2.75) is 31.7 Å². The van der Waals surface area contributed by atoms with Crippen LogP contribution < -0.4 is 5.73 Å². The second-order valence-electron chi connectivity index (χ2n) is 3.16. The van der Waals surface area contributed by atoms with Gasteiger partial charge in [0.05, 0.1) is 11.2 Å². The Morgan fingerprint density at radius 2 is 2.45 bits per heavy atom. The summed E-state index contributed by atoms with van der Waals surface area (Å²) in [6.07, 6.45) is 2.62. The van der Waals surface area contributed by atoms with Gasteiger partial charge in [-0.3, -0.25) is 0 Å². The van der Waals surface area contributed by atoms with E-state index in [2.05, 4.69) is 4.98 Å². The number of thiazole rings is 1. The molecular formula is C8H12N2S. The van der Waals surface area contributed by atoms with Crippen LogP contribution in [-0.2, 0) is 0 Å². The first-order chi connectivity index (χ1) is 5.29. The van der Waals surface area contributed by atoms with Crippen LogP contribution in [0.2, 0.25) is 0 Å². The number of hydrogen-bond donors (Lipinski definition) is 1. The van der Waals surface area contributed by atoms with E-state index in [0.717, 1.165) is 5.92 Å². The van der Waals surface area contributed by atoms with Crippen LogP contribution in [0.25, 0.3) is 0 Å². The quantitative estimate of drug-likeness (QED) is 0.734. The van der Waals surface area contributed by atoms with E-state index in [1.54, 1.807) is 11.3 Å². The molecule has 1 fully saturated rings. The second kappa shape index (κ2) is 2.57. The third-order valence-corrected chi connectivity index (χ3v) is 3.05. The van der Waals surface area contributed by atoms with Gasteiger partial charge in [0.25, 0.3) is 0 Å². The smallest absolute Gasteiger partial charge is 0.0798 e. The van der Waals surface area contributed by atoms with Crippen molar-refractivity contribution in [1.29, 1.82) is 0 Å². The summed E-state index contributed by atoms with van der Waals surface area (Å²) in [5.74, 6) is 0.738. The number of nitrogens with zero attached hydrogens (tertiary/aromatic N) is 1. The lowest BCUT2D eigenvalue weighted by Gasteiger charge is -2.02. The summed E-state index contributed by atoms with van der Waals surface area (Å²) in [5, 5.41) is 0. The molecule has 60 valence electrons. The van der Waals surface area contributed by atoms with Gasteiger partial charge in [-0.2, -0.15) is 0 Å². The number of hydrogen-bond acceptors (Lipinski definition) is 3.